The largest absolute Gasteiger partial charge is 0.388 e. The van der Waals surface area contributed by atoms with Crippen LogP contribution >= 0.6 is 0 Å². The topological polar surface area (TPSA) is 38.0 Å². The Morgan fingerprint density at radius 3 is 2.46 bits per heavy atom. The van der Waals surface area contributed by atoms with Crippen LogP contribution in [-0.2, 0) is 6.54 Å². The van der Waals surface area contributed by atoms with Crippen LogP contribution in [0.25, 0.3) is 0 Å². The number of hydrogen-bond acceptors (Lipinski definition) is 2. The van der Waals surface area contributed by atoms with Gasteiger partial charge in [0, 0.05) is 12.4 Å². The summed E-state index contributed by atoms with van der Waals surface area (Å²) in [5, 5.41) is 10.1. The number of nitrogens with zero attached hydrogens (tertiary/aromatic N) is 2. The molecule has 1 rings (SSSR count). The van der Waals surface area contributed by atoms with Crippen molar-refractivity contribution in [2.24, 2.45) is 0 Å². The third kappa shape index (κ3) is 2.31. The van der Waals surface area contributed by atoms with Crippen molar-refractivity contribution in [1.29, 1.82) is 0 Å². The van der Waals surface area contributed by atoms with E-state index in [1.165, 1.54) is 0 Å². The first kappa shape index (κ1) is 10.3. The molecular weight excluding hydrogens is 164 g/mol. The van der Waals surface area contributed by atoms with Crippen LogP contribution in [0.5, 0.6) is 0 Å². The molecule has 74 valence electrons. The lowest BCUT2D eigenvalue weighted by atomic mass is 9.97. The van der Waals surface area contributed by atoms with Crippen molar-refractivity contribution < 1.29 is 5.11 Å². The molecule has 0 spiro atoms. The Labute approximate surface area is 79.4 Å². The van der Waals surface area contributed by atoms with Crippen LogP contribution in [0.4, 0.5) is 0 Å². The minimum atomic E-state index is -0.578. The Bertz CT molecular complexity index is 264. The molecular formula is C10H18N2O. The molecule has 0 atom stereocenters. The monoisotopic (exact) mass is 182 g/mol. The number of rotatable bonds is 4. The normalized spacial score (nSPS) is 12.0. The van der Waals surface area contributed by atoms with Crippen LogP contribution in [0.2, 0.25) is 0 Å². The highest BCUT2D eigenvalue weighted by molar-refractivity contribution is 4.91. The molecule has 13 heavy (non-hydrogen) atoms. The Morgan fingerprint density at radius 1 is 1.46 bits per heavy atom. The molecule has 0 fully saturated rings. The Morgan fingerprint density at radius 2 is 2.08 bits per heavy atom. The standard InChI is InChI=1S/C10H18N2O/c1-4-10(13,5-2)8-12-7-6-11-9(12)3/h6-7,13H,4-5,8H2,1-3H3. The van der Waals surface area contributed by atoms with Crippen LogP contribution < -0.4 is 0 Å². The van der Waals surface area contributed by atoms with Crippen LogP contribution in [0.1, 0.15) is 32.5 Å². The fraction of sp³-hybridized carbons (Fsp3) is 0.700. The van der Waals surface area contributed by atoms with E-state index in [0.717, 1.165) is 18.7 Å². The zero-order valence-corrected chi connectivity index (χ0v) is 8.62. The molecule has 1 N–H and O–H groups in total. The first-order valence-corrected chi connectivity index (χ1v) is 4.81. The number of aliphatic hydroxyl groups is 1. The summed E-state index contributed by atoms with van der Waals surface area (Å²) in [6, 6.07) is 0. The molecule has 0 saturated heterocycles. The van der Waals surface area contributed by atoms with Gasteiger partial charge >= 0.3 is 0 Å². The van der Waals surface area contributed by atoms with Gasteiger partial charge in [-0.3, -0.25) is 0 Å². The summed E-state index contributed by atoms with van der Waals surface area (Å²) in [7, 11) is 0. The van der Waals surface area contributed by atoms with E-state index in [1.807, 2.05) is 31.5 Å². The van der Waals surface area contributed by atoms with E-state index in [-0.39, 0.29) is 0 Å². The highest BCUT2D eigenvalue weighted by atomic mass is 16.3. The molecule has 0 saturated carbocycles. The maximum atomic E-state index is 10.1. The Balaban J connectivity index is 2.73. The van der Waals surface area contributed by atoms with Gasteiger partial charge in [0.15, 0.2) is 0 Å². The Kier molecular flexibility index (Phi) is 3.09. The van der Waals surface area contributed by atoms with E-state index in [0.29, 0.717) is 6.54 Å². The molecule has 0 aliphatic rings. The highest BCUT2D eigenvalue weighted by Gasteiger charge is 2.22. The lowest BCUT2D eigenvalue weighted by molar-refractivity contribution is 0.0145. The second kappa shape index (κ2) is 3.92. The van der Waals surface area contributed by atoms with Crippen molar-refractivity contribution in [3.63, 3.8) is 0 Å². The molecule has 0 amide bonds. The van der Waals surface area contributed by atoms with Gasteiger partial charge in [-0.15, -0.1) is 0 Å². The average molecular weight is 182 g/mol. The molecule has 1 heterocycles. The van der Waals surface area contributed by atoms with Crippen molar-refractivity contribution >= 4 is 0 Å². The van der Waals surface area contributed by atoms with Crippen molar-refractivity contribution in [1.82, 2.24) is 9.55 Å². The molecule has 0 aromatic carbocycles. The predicted octanol–water partition coefficient (Wildman–Crippen LogP) is 1.74. The molecule has 0 aliphatic carbocycles. The summed E-state index contributed by atoms with van der Waals surface area (Å²) < 4.78 is 1.99. The molecule has 0 unspecified atom stereocenters. The maximum absolute atomic E-state index is 10.1. The van der Waals surface area contributed by atoms with Gasteiger partial charge in [-0.25, -0.2) is 4.98 Å². The van der Waals surface area contributed by atoms with Crippen LogP contribution in [0.3, 0.4) is 0 Å². The summed E-state index contributed by atoms with van der Waals surface area (Å²) in [6.07, 6.45) is 5.23. The van der Waals surface area contributed by atoms with E-state index >= 15 is 0 Å². The first-order valence-electron chi connectivity index (χ1n) is 4.81. The summed E-state index contributed by atoms with van der Waals surface area (Å²) >= 11 is 0. The molecule has 0 radical (unpaired) electrons. The van der Waals surface area contributed by atoms with Crippen LogP contribution in [0, 0.1) is 6.92 Å². The van der Waals surface area contributed by atoms with E-state index < -0.39 is 5.60 Å². The number of aryl methyl sites for hydroxylation is 1. The lowest BCUT2D eigenvalue weighted by Gasteiger charge is -2.26. The van der Waals surface area contributed by atoms with Crippen LogP contribution in [-0.4, -0.2) is 20.3 Å². The smallest absolute Gasteiger partial charge is 0.105 e. The second-order valence-corrected chi connectivity index (χ2v) is 3.53. The van der Waals surface area contributed by atoms with Gasteiger partial charge in [-0.1, -0.05) is 13.8 Å². The molecule has 3 nitrogen and oxygen atoms in total. The molecule has 1 aromatic rings. The van der Waals surface area contributed by atoms with Gasteiger partial charge in [0.1, 0.15) is 5.82 Å². The van der Waals surface area contributed by atoms with Crippen molar-refractivity contribution in [3.8, 4) is 0 Å². The zero-order chi connectivity index (χ0) is 9.90. The summed E-state index contributed by atoms with van der Waals surface area (Å²) in [5.74, 6) is 0.959. The van der Waals surface area contributed by atoms with Crippen molar-refractivity contribution in [3.05, 3.63) is 18.2 Å². The molecule has 3 heteroatoms. The minimum Gasteiger partial charge on any atom is -0.388 e. The first-order chi connectivity index (χ1) is 6.11. The summed E-state index contributed by atoms with van der Waals surface area (Å²) in [6.45, 7) is 6.61. The number of aromatic nitrogens is 2. The minimum absolute atomic E-state index is 0.578. The zero-order valence-electron chi connectivity index (χ0n) is 8.62. The van der Waals surface area contributed by atoms with Crippen LogP contribution in [0.15, 0.2) is 12.4 Å². The fourth-order valence-corrected chi connectivity index (χ4v) is 1.36. The van der Waals surface area contributed by atoms with Gasteiger partial charge in [0.05, 0.1) is 12.1 Å². The summed E-state index contributed by atoms with van der Waals surface area (Å²) in [4.78, 5) is 4.12. The van der Waals surface area contributed by atoms with Gasteiger partial charge in [0.25, 0.3) is 0 Å². The Hall–Kier alpha value is -0.830. The van der Waals surface area contributed by atoms with Gasteiger partial charge in [0.2, 0.25) is 0 Å². The fourth-order valence-electron chi connectivity index (χ4n) is 1.36. The SMILES string of the molecule is CCC(O)(CC)Cn1ccnc1C. The van der Waals surface area contributed by atoms with Gasteiger partial charge in [-0.2, -0.15) is 0 Å². The molecule has 0 bridgehead atoms. The third-order valence-electron chi connectivity index (χ3n) is 2.70. The molecule has 1 aromatic heterocycles. The van der Waals surface area contributed by atoms with E-state index in [9.17, 15) is 5.11 Å². The highest BCUT2D eigenvalue weighted by Crippen LogP contribution is 2.17. The average Bonchev–Trinajstić information content (AvgIpc) is 2.52. The van der Waals surface area contributed by atoms with Crippen molar-refractivity contribution in [2.45, 2.75) is 45.8 Å². The van der Waals surface area contributed by atoms with Gasteiger partial charge in [-0.05, 0) is 19.8 Å². The lowest BCUT2D eigenvalue weighted by Crippen LogP contribution is -2.32. The second-order valence-electron chi connectivity index (χ2n) is 3.53. The quantitative estimate of drug-likeness (QED) is 0.770. The van der Waals surface area contributed by atoms with Crippen molar-refractivity contribution in [2.75, 3.05) is 0 Å². The van der Waals surface area contributed by atoms with E-state index in [4.69, 9.17) is 0 Å². The predicted molar refractivity (Wildman–Crippen MR) is 52.5 cm³/mol. The van der Waals surface area contributed by atoms with Gasteiger partial charge < -0.3 is 9.67 Å². The van der Waals surface area contributed by atoms with E-state index in [1.54, 1.807) is 6.20 Å². The third-order valence-corrected chi connectivity index (χ3v) is 2.70. The number of hydrogen-bond donors (Lipinski definition) is 1. The maximum Gasteiger partial charge on any atom is 0.105 e. The number of imidazole rings is 1. The molecule has 0 aliphatic heterocycles. The van der Waals surface area contributed by atoms with E-state index in [2.05, 4.69) is 4.98 Å². The summed E-state index contributed by atoms with van der Waals surface area (Å²) in [5.41, 5.74) is -0.578.